The van der Waals surface area contributed by atoms with E-state index in [-0.39, 0.29) is 12.0 Å². The molecule has 0 aliphatic carbocycles. The second kappa shape index (κ2) is 6.99. The zero-order valence-electron chi connectivity index (χ0n) is 10.5. The molecule has 0 aromatic carbocycles. The Bertz CT molecular complexity index is 429. The molecule has 0 saturated carbocycles. The van der Waals surface area contributed by atoms with E-state index in [1.54, 1.807) is 0 Å². The number of anilines is 2. The van der Waals surface area contributed by atoms with Gasteiger partial charge in [0.1, 0.15) is 0 Å². The highest BCUT2D eigenvalue weighted by atomic mass is 35.6. The van der Waals surface area contributed by atoms with Gasteiger partial charge in [-0.1, -0.05) is 46.6 Å². The van der Waals surface area contributed by atoms with Crippen molar-refractivity contribution in [2.75, 3.05) is 16.9 Å². The lowest BCUT2D eigenvalue weighted by molar-refractivity contribution is 0.207. The fourth-order valence-electron chi connectivity index (χ4n) is 1.04. The summed E-state index contributed by atoms with van der Waals surface area (Å²) in [5, 5.41) is 15.7. The van der Waals surface area contributed by atoms with Crippen molar-refractivity contribution >= 4 is 58.5 Å². The van der Waals surface area contributed by atoms with Gasteiger partial charge in [-0.25, -0.2) is 0 Å². The van der Waals surface area contributed by atoms with Crippen LogP contribution in [0.1, 0.15) is 13.8 Å². The first-order chi connectivity index (χ1) is 8.72. The predicted octanol–water partition coefficient (Wildman–Crippen LogP) is 2.51. The van der Waals surface area contributed by atoms with Gasteiger partial charge < -0.3 is 15.7 Å². The zero-order valence-corrected chi connectivity index (χ0v) is 13.6. The third-order valence-corrected chi connectivity index (χ3v) is 2.96. The lowest BCUT2D eigenvalue weighted by Gasteiger charge is -2.20. The van der Waals surface area contributed by atoms with Gasteiger partial charge in [0.05, 0.1) is 0 Å². The lowest BCUT2D eigenvalue weighted by atomic mass is 10.4. The first kappa shape index (κ1) is 16.8. The molecule has 0 spiro atoms. The van der Waals surface area contributed by atoms with Crippen LogP contribution in [0.15, 0.2) is 5.16 Å². The molecule has 0 amide bonds. The van der Waals surface area contributed by atoms with Crippen LogP contribution in [0, 0.1) is 0 Å². The van der Waals surface area contributed by atoms with Gasteiger partial charge in [-0.15, -0.1) is 0 Å². The maximum absolute atomic E-state index is 9.64. The SMILES string of the molecule is CSc1nc(NC(C)C)nc(NC(O)C(Cl)(Cl)Cl)n1. The third kappa shape index (κ3) is 5.74. The summed E-state index contributed by atoms with van der Waals surface area (Å²) in [4.78, 5) is 12.3. The smallest absolute Gasteiger partial charge is 0.234 e. The minimum Gasteiger partial charge on any atom is -0.369 e. The Balaban J connectivity index is 2.94. The molecule has 0 aliphatic heterocycles. The number of nitrogens with zero attached hydrogens (tertiary/aromatic N) is 3. The second-order valence-electron chi connectivity index (χ2n) is 3.86. The van der Waals surface area contributed by atoms with Crippen molar-refractivity contribution in [3.05, 3.63) is 0 Å². The predicted molar refractivity (Wildman–Crippen MR) is 80.3 cm³/mol. The van der Waals surface area contributed by atoms with E-state index in [0.717, 1.165) is 0 Å². The summed E-state index contributed by atoms with van der Waals surface area (Å²) in [6.45, 7) is 3.90. The number of aliphatic hydroxyl groups is 1. The molecule has 0 bridgehead atoms. The van der Waals surface area contributed by atoms with Gasteiger partial charge in [0.2, 0.25) is 15.7 Å². The molecule has 3 N–H and O–H groups in total. The van der Waals surface area contributed by atoms with Crippen molar-refractivity contribution in [1.82, 2.24) is 15.0 Å². The number of alkyl halides is 3. The molecular formula is C9H14Cl3N5OS. The van der Waals surface area contributed by atoms with Crippen LogP contribution in [0.2, 0.25) is 0 Å². The Morgan fingerprint density at radius 1 is 1.11 bits per heavy atom. The maximum Gasteiger partial charge on any atom is 0.234 e. The molecule has 1 rings (SSSR count). The Morgan fingerprint density at radius 2 is 1.63 bits per heavy atom. The molecule has 0 aliphatic rings. The van der Waals surface area contributed by atoms with Gasteiger partial charge in [0.15, 0.2) is 11.4 Å². The van der Waals surface area contributed by atoms with Crippen LogP contribution >= 0.6 is 46.6 Å². The molecule has 1 heterocycles. The van der Waals surface area contributed by atoms with Gasteiger partial charge in [-0.2, -0.15) is 15.0 Å². The van der Waals surface area contributed by atoms with Crippen molar-refractivity contribution in [3.63, 3.8) is 0 Å². The minimum absolute atomic E-state index is 0.126. The Kier molecular flexibility index (Phi) is 6.19. The summed E-state index contributed by atoms with van der Waals surface area (Å²) in [5.74, 6) is 0.509. The number of aliphatic hydroxyl groups excluding tert-OH is 1. The summed E-state index contributed by atoms with van der Waals surface area (Å²) >= 11 is 18.0. The van der Waals surface area contributed by atoms with E-state index in [9.17, 15) is 5.11 Å². The minimum atomic E-state index is -1.88. The quantitative estimate of drug-likeness (QED) is 0.429. The lowest BCUT2D eigenvalue weighted by Crippen LogP contribution is -2.34. The monoisotopic (exact) mass is 345 g/mol. The highest BCUT2D eigenvalue weighted by Gasteiger charge is 2.31. The summed E-state index contributed by atoms with van der Waals surface area (Å²) in [5.41, 5.74) is 0. The molecule has 0 radical (unpaired) electrons. The van der Waals surface area contributed by atoms with Gasteiger partial charge in [0.25, 0.3) is 0 Å². The molecule has 19 heavy (non-hydrogen) atoms. The summed E-state index contributed by atoms with van der Waals surface area (Å²) in [6, 6.07) is 0.156. The van der Waals surface area contributed by atoms with E-state index in [4.69, 9.17) is 34.8 Å². The number of rotatable bonds is 5. The number of nitrogens with one attached hydrogen (secondary N) is 2. The van der Waals surface area contributed by atoms with Gasteiger partial charge in [-0.3, -0.25) is 0 Å². The maximum atomic E-state index is 9.64. The first-order valence-electron chi connectivity index (χ1n) is 5.30. The summed E-state index contributed by atoms with van der Waals surface area (Å²) in [7, 11) is 0. The topological polar surface area (TPSA) is 83.0 Å². The van der Waals surface area contributed by atoms with E-state index < -0.39 is 10.0 Å². The van der Waals surface area contributed by atoms with Crippen LogP contribution in [0.25, 0.3) is 0 Å². The fraction of sp³-hybridized carbons (Fsp3) is 0.667. The first-order valence-corrected chi connectivity index (χ1v) is 7.66. The number of halogens is 3. The molecule has 10 heteroatoms. The van der Waals surface area contributed by atoms with E-state index in [0.29, 0.717) is 11.1 Å². The fourth-order valence-corrected chi connectivity index (χ4v) is 1.56. The van der Waals surface area contributed by atoms with Gasteiger partial charge >= 0.3 is 0 Å². The van der Waals surface area contributed by atoms with E-state index in [1.165, 1.54) is 11.8 Å². The Morgan fingerprint density at radius 3 is 2.05 bits per heavy atom. The number of aromatic nitrogens is 3. The van der Waals surface area contributed by atoms with E-state index in [2.05, 4.69) is 25.6 Å². The summed E-state index contributed by atoms with van der Waals surface area (Å²) in [6.07, 6.45) is 0.394. The normalized spacial score (nSPS) is 13.5. The number of hydrogen-bond donors (Lipinski definition) is 3. The average Bonchev–Trinajstić information content (AvgIpc) is 2.26. The average molecular weight is 347 g/mol. The molecule has 108 valence electrons. The van der Waals surface area contributed by atoms with Crippen LogP contribution in [0.4, 0.5) is 11.9 Å². The Hall–Kier alpha value is -0.210. The highest BCUT2D eigenvalue weighted by Crippen LogP contribution is 2.30. The second-order valence-corrected chi connectivity index (χ2v) is 7.00. The Labute approximate surface area is 130 Å². The third-order valence-electron chi connectivity index (χ3n) is 1.79. The molecule has 0 saturated heterocycles. The van der Waals surface area contributed by atoms with Crippen LogP contribution in [-0.2, 0) is 0 Å². The van der Waals surface area contributed by atoms with Gasteiger partial charge in [-0.05, 0) is 20.1 Å². The van der Waals surface area contributed by atoms with E-state index >= 15 is 0 Å². The van der Waals surface area contributed by atoms with Crippen LogP contribution < -0.4 is 10.6 Å². The van der Waals surface area contributed by atoms with Crippen LogP contribution in [0.3, 0.4) is 0 Å². The molecule has 0 fully saturated rings. The molecule has 1 unspecified atom stereocenters. The largest absolute Gasteiger partial charge is 0.369 e. The molecule has 1 aromatic heterocycles. The molecule has 1 atom stereocenters. The molecular weight excluding hydrogens is 333 g/mol. The zero-order chi connectivity index (χ0) is 14.6. The summed E-state index contributed by atoms with van der Waals surface area (Å²) < 4.78 is -1.88. The van der Waals surface area contributed by atoms with Crippen LogP contribution in [0.5, 0.6) is 0 Å². The number of thioether (sulfide) groups is 1. The van der Waals surface area contributed by atoms with Crippen molar-refractivity contribution in [2.45, 2.75) is 35.1 Å². The highest BCUT2D eigenvalue weighted by molar-refractivity contribution is 7.98. The van der Waals surface area contributed by atoms with Crippen LogP contribution in [-0.4, -0.2) is 42.4 Å². The van der Waals surface area contributed by atoms with Crippen molar-refractivity contribution in [2.24, 2.45) is 0 Å². The standard InChI is InChI=1S/C9H14Cl3N5OS/c1-4(2)13-6-15-7(17-8(16-6)19-3)14-5(18)9(10,11)12/h4-5,18H,1-3H3,(H2,13,14,15,16,17). The van der Waals surface area contributed by atoms with Crippen molar-refractivity contribution < 1.29 is 5.11 Å². The molecule has 6 nitrogen and oxygen atoms in total. The number of hydrogen-bond acceptors (Lipinski definition) is 7. The molecule has 1 aromatic rings. The van der Waals surface area contributed by atoms with Crippen molar-refractivity contribution in [1.29, 1.82) is 0 Å². The van der Waals surface area contributed by atoms with E-state index in [1.807, 2.05) is 20.1 Å². The van der Waals surface area contributed by atoms with Crippen molar-refractivity contribution in [3.8, 4) is 0 Å². The van der Waals surface area contributed by atoms with Gasteiger partial charge in [0, 0.05) is 6.04 Å².